The van der Waals surface area contributed by atoms with Gasteiger partial charge in [0.05, 0.1) is 23.8 Å². The molecule has 0 aromatic heterocycles. The van der Waals surface area contributed by atoms with Crippen LogP contribution >= 0.6 is 15.9 Å². The Kier molecular flexibility index (Phi) is 4.33. The first-order chi connectivity index (χ1) is 7.71. The van der Waals surface area contributed by atoms with Gasteiger partial charge >= 0.3 is 0 Å². The molecule has 78 valence electrons. The highest BCUT2D eigenvalue weighted by atomic mass is 79.9. The number of benzene rings is 1. The molecule has 0 heterocycles. The van der Waals surface area contributed by atoms with Crippen molar-refractivity contribution in [3.05, 3.63) is 28.2 Å². The Morgan fingerprint density at radius 3 is 2.19 bits per heavy atom. The normalized spacial score (nSPS) is 8.62. The maximum atomic E-state index is 8.81. The molecule has 0 atom stereocenters. The van der Waals surface area contributed by atoms with Crippen LogP contribution in [-0.4, -0.2) is 13.1 Å². The first kappa shape index (κ1) is 12.0. The maximum Gasteiger partial charge on any atom is 0.106 e. The lowest BCUT2D eigenvalue weighted by atomic mass is 10.2. The molecule has 1 aromatic carbocycles. The van der Waals surface area contributed by atoms with E-state index in [1.807, 2.05) is 18.2 Å². The molecule has 0 spiro atoms. The summed E-state index contributed by atoms with van der Waals surface area (Å²) in [6.07, 6.45) is 0. The molecule has 0 bridgehead atoms. The van der Waals surface area contributed by atoms with E-state index in [2.05, 4.69) is 15.9 Å². The molecule has 0 fully saturated rings. The molecular formula is C11H7BrN4. The maximum absolute atomic E-state index is 8.81. The van der Waals surface area contributed by atoms with Crippen LogP contribution in [0.4, 0.5) is 5.69 Å². The monoisotopic (exact) mass is 274 g/mol. The predicted molar refractivity (Wildman–Crippen MR) is 62.3 cm³/mol. The lowest BCUT2D eigenvalue weighted by molar-refractivity contribution is 0.965. The molecule has 5 heteroatoms. The Morgan fingerprint density at radius 2 is 1.69 bits per heavy atom. The zero-order valence-electron chi connectivity index (χ0n) is 8.31. The molecule has 0 radical (unpaired) electrons. The van der Waals surface area contributed by atoms with E-state index in [4.69, 9.17) is 15.8 Å². The minimum absolute atomic E-state index is 0.120. The van der Waals surface area contributed by atoms with Crippen LogP contribution < -0.4 is 4.90 Å². The average molecular weight is 275 g/mol. The molecule has 0 aliphatic rings. The van der Waals surface area contributed by atoms with E-state index >= 15 is 0 Å². The number of hydrogen-bond donors (Lipinski definition) is 0. The number of nitriles is 3. The van der Waals surface area contributed by atoms with Crippen LogP contribution in [0.3, 0.4) is 0 Å². The summed E-state index contributed by atoms with van der Waals surface area (Å²) in [7, 11) is 0. The second-order valence-electron chi connectivity index (χ2n) is 2.98. The van der Waals surface area contributed by atoms with Gasteiger partial charge in [0.25, 0.3) is 0 Å². The second-order valence-corrected chi connectivity index (χ2v) is 3.90. The van der Waals surface area contributed by atoms with Crippen molar-refractivity contribution in [2.45, 2.75) is 0 Å². The van der Waals surface area contributed by atoms with E-state index in [9.17, 15) is 0 Å². The van der Waals surface area contributed by atoms with E-state index < -0.39 is 0 Å². The molecule has 1 rings (SSSR count). The third-order valence-electron chi connectivity index (χ3n) is 1.90. The van der Waals surface area contributed by atoms with Crippen molar-refractivity contribution in [2.24, 2.45) is 0 Å². The predicted octanol–water partition coefficient (Wildman–Crippen LogP) is 2.17. The van der Waals surface area contributed by atoms with E-state index in [1.165, 1.54) is 0 Å². The summed E-state index contributed by atoms with van der Waals surface area (Å²) in [4.78, 5) is 1.60. The van der Waals surface area contributed by atoms with Crippen LogP contribution in [-0.2, 0) is 0 Å². The van der Waals surface area contributed by atoms with Crippen LogP contribution in [0.1, 0.15) is 5.56 Å². The molecular weight excluding hydrogens is 268 g/mol. The second kappa shape index (κ2) is 5.75. The number of hydrogen-bond acceptors (Lipinski definition) is 4. The Bertz CT molecular complexity index is 488. The summed E-state index contributed by atoms with van der Waals surface area (Å²) in [5, 5.41) is 26.1. The van der Waals surface area contributed by atoms with Crippen molar-refractivity contribution < 1.29 is 0 Å². The van der Waals surface area contributed by atoms with E-state index in [-0.39, 0.29) is 13.1 Å². The quantitative estimate of drug-likeness (QED) is 0.792. The Morgan fingerprint density at radius 1 is 1.06 bits per heavy atom. The number of halogens is 1. The summed E-state index contributed by atoms with van der Waals surface area (Å²) in [6, 6.07) is 11.1. The third-order valence-corrected chi connectivity index (χ3v) is 2.36. The number of anilines is 1. The fraction of sp³-hybridized carbons (Fsp3) is 0.182. The Balaban J connectivity index is 3.11. The highest BCUT2D eigenvalue weighted by Crippen LogP contribution is 2.22. The fourth-order valence-electron chi connectivity index (χ4n) is 1.23. The summed E-state index contributed by atoms with van der Waals surface area (Å²) in [5.74, 6) is 0. The minimum atomic E-state index is 0.120. The lowest BCUT2D eigenvalue weighted by Gasteiger charge is -2.18. The van der Waals surface area contributed by atoms with Crippen LogP contribution in [0.25, 0.3) is 0 Å². The molecule has 0 amide bonds. The van der Waals surface area contributed by atoms with Crippen molar-refractivity contribution in [3.8, 4) is 18.2 Å². The average Bonchev–Trinajstić information content (AvgIpc) is 2.28. The van der Waals surface area contributed by atoms with Gasteiger partial charge in [-0.2, -0.15) is 15.8 Å². The van der Waals surface area contributed by atoms with Gasteiger partial charge < -0.3 is 4.90 Å². The molecule has 0 aliphatic heterocycles. The lowest BCUT2D eigenvalue weighted by Crippen LogP contribution is -2.23. The molecule has 0 N–H and O–H groups in total. The van der Waals surface area contributed by atoms with Crippen LogP contribution in [0.5, 0.6) is 0 Å². The zero-order valence-corrected chi connectivity index (χ0v) is 9.90. The van der Waals surface area contributed by atoms with Crippen LogP contribution in [0, 0.1) is 34.0 Å². The summed E-state index contributed by atoms with van der Waals surface area (Å²) >= 11 is 3.28. The zero-order chi connectivity index (χ0) is 12.0. The van der Waals surface area contributed by atoms with Gasteiger partial charge in [-0.05, 0) is 18.2 Å². The van der Waals surface area contributed by atoms with Crippen LogP contribution in [0.15, 0.2) is 22.7 Å². The van der Waals surface area contributed by atoms with Crippen molar-refractivity contribution >= 4 is 21.6 Å². The standard InChI is InChI=1S/C11H7BrN4/c12-10-5-9(8-15)6-11(7-10)16(3-1-13)4-2-14/h5-7H,3-4H2. The fourth-order valence-corrected chi connectivity index (χ4v) is 1.71. The first-order valence-corrected chi connectivity index (χ1v) is 5.20. The first-order valence-electron chi connectivity index (χ1n) is 4.41. The van der Waals surface area contributed by atoms with Crippen molar-refractivity contribution in [1.82, 2.24) is 0 Å². The molecule has 4 nitrogen and oxygen atoms in total. The Labute approximate surface area is 102 Å². The largest absolute Gasteiger partial charge is 0.345 e. The van der Waals surface area contributed by atoms with Gasteiger partial charge in [0.15, 0.2) is 0 Å². The highest BCUT2D eigenvalue weighted by molar-refractivity contribution is 9.10. The molecule has 16 heavy (non-hydrogen) atoms. The molecule has 0 unspecified atom stereocenters. The third kappa shape index (κ3) is 2.98. The van der Waals surface area contributed by atoms with Gasteiger partial charge in [0.1, 0.15) is 13.1 Å². The van der Waals surface area contributed by atoms with Crippen LogP contribution in [0.2, 0.25) is 0 Å². The van der Waals surface area contributed by atoms with Gasteiger partial charge in [0.2, 0.25) is 0 Å². The smallest absolute Gasteiger partial charge is 0.106 e. The van der Waals surface area contributed by atoms with E-state index in [1.54, 1.807) is 23.1 Å². The topological polar surface area (TPSA) is 74.6 Å². The van der Waals surface area contributed by atoms with Crippen molar-refractivity contribution in [1.29, 1.82) is 15.8 Å². The SMILES string of the molecule is N#CCN(CC#N)c1cc(Br)cc(C#N)c1. The van der Waals surface area contributed by atoms with Crippen molar-refractivity contribution in [3.63, 3.8) is 0 Å². The Hall–Kier alpha value is -2.03. The van der Waals surface area contributed by atoms with Gasteiger partial charge in [-0.25, -0.2) is 0 Å². The highest BCUT2D eigenvalue weighted by Gasteiger charge is 2.07. The number of nitrogens with zero attached hydrogens (tertiary/aromatic N) is 4. The van der Waals surface area contributed by atoms with Gasteiger partial charge in [-0.3, -0.25) is 0 Å². The van der Waals surface area contributed by atoms with Gasteiger partial charge in [-0.1, -0.05) is 15.9 Å². The summed E-state index contributed by atoms with van der Waals surface area (Å²) in [5.41, 5.74) is 1.18. The molecule has 1 aromatic rings. The van der Waals surface area contributed by atoms with E-state index in [0.29, 0.717) is 11.3 Å². The van der Waals surface area contributed by atoms with Gasteiger partial charge in [-0.15, -0.1) is 0 Å². The molecule has 0 saturated carbocycles. The summed E-state index contributed by atoms with van der Waals surface area (Å²) < 4.78 is 0.752. The van der Waals surface area contributed by atoms with Gasteiger partial charge in [0, 0.05) is 10.2 Å². The van der Waals surface area contributed by atoms with E-state index in [0.717, 1.165) is 4.47 Å². The molecule has 0 saturated heterocycles. The summed E-state index contributed by atoms with van der Waals surface area (Å²) in [6.45, 7) is 0.240. The van der Waals surface area contributed by atoms with Crippen molar-refractivity contribution in [2.75, 3.05) is 18.0 Å². The number of rotatable bonds is 3. The minimum Gasteiger partial charge on any atom is -0.345 e. The molecule has 0 aliphatic carbocycles.